The number of benzene rings is 2. The number of amides is 1. The Hall–Kier alpha value is -4.02. The fraction of sp³-hybridized carbons (Fsp3) is 0.190. The second kappa shape index (κ2) is 8.25. The molecule has 166 valence electrons. The number of alkyl halides is 3. The van der Waals surface area contributed by atoms with E-state index in [1.807, 2.05) is 23.5 Å². The average molecular weight is 445 g/mol. The highest BCUT2D eigenvalue weighted by atomic mass is 19.4. The van der Waals surface area contributed by atoms with Gasteiger partial charge >= 0.3 is 6.18 Å². The van der Waals surface area contributed by atoms with Gasteiger partial charge in [0.05, 0.1) is 37.1 Å². The second-order valence-electron chi connectivity index (χ2n) is 6.83. The Kier molecular flexibility index (Phi) is 5.47. The molecule has 2 aromatic heterocycles. The third-order valence-electron chi connectivity index (χ3n) is 4.82. The predicted molar refractivity (Wildman–Crippen MR) is 110 cm³/mol. The second-order valence-corrected chi connectivity index (χ2v) is 6.83. The molecule has 0 aliphatic heterocycles. The molecule has 0 fully saturated rings. The van der Waals surface area contributed by atoms with Crippen molar-refractivity contribution < 1.29 is 27.4 Å². The zero-order valence-corrected chi connectivity index (χ0v) is 17.0. The first-order chi connectivity index (χ1) is 15.3. The fourth-order valence-electron chi connectivity index (χ4n) is 3.34. The lowest BCUT2D eigenvalue weighted by Crippen LogP contribution is -2.34. The molecule has 0 atom stereocenters. The van der Waals surface area contributed by atoms with E-state index in [-0.39, 0.29) is 17.1 Å². The smallest absolute Gasteiger partial charge is 0.405 e. The molecule has 32 heavy (non-hydrogen) atoms. The van der Waals surface area contributed by atoms with Gasteiger partial charge in [-0.1, -0.05) is 6.07 Å². The maximum atomic E-state index is 12.5. The maximum absolute atomic E-state index is 12.5. The van der Waals surface area contributed by atoms with Crippen molar-refractivity contribution in [3.63, 3.8) is 0 Å². The van der Waals surface area contributed by atoms with Crippen LogP contribution in [0.1, 0.15) is 10.4 Å². The Morgan fingerprint density at radius 3 is 2.44 bits per heavy atom. The molecule has 8 nitrogen and oxygen atoms in total. The first kappa shape index (κ1) is 21.2. The lowest BCUT2D eigenvalue weighted by atomic mass is 10.1. The summed E-state index contributed by atoms with van der Waals surface area (Å²) in [4.78, 5) is 16.9. The van der Waals surface area contributed by atoms with E-state index in [0.717, 1.165) is 16.6 Å². The van der Waals surface area contributed by atoms with E-state index in [4.69, 9.17) is 9.47 Å². The number of aromatic amines is 1. The number of ether oxygens (including phenoxy) is 2. The third-order valence-corrected chi connectivity index (χ3v) is 4.82. The monoisotopic (exact) mass is 445 g/mol. The fourth-order valence-corrected chi connectivity index (χ4v) is 3.34. The summed E-state index contributed by atoms with van der Waals surface area (Å²) in [6.07, 6.45) is 0.537. The minimum atomic E-state index is -4.54. The molecule has 2 N–H and O–H groups in total. The molecule has 0 bridgehead atoms. The number of carbonyl (C=O) groups excluding carboxylic acids is 1. The molecule has 4 aromatic rings. The van der Waals surface area contributed by atoms with Crippen LogP contribution >= 0.6 is 0 Å². The van der Waals surface area contributed by atoms with Crippen molar-refractivity contribution in [2.75, 3.05) is 20.8 Å². The molecule has 0 radical (unpaired) electrons. The van der Waals surface area contributed by atoms with E-state index in [9.17, 15) is 18.0 Å². The van der Waals surface area contributed by atoms with E-state index < -0.39 is 18.6 Å². The van der Waals surface area contributed by atoms with Gasteiger partial charge in [0.25, 0.3) is 5.91 Å². The highest BCUT2D eigenvalue weighted by Crippen LogP contribution is 2.34. The van der Waals surface area contributed by atoms with Gasteiger partial charge in [0, 0.05) is 23.9 Å². The topological polar surface area (TPSA) is 94.1 Å². The molecule has 0 aliphatic rings. The van der Waals surface area contributed by atoms with Crippen molar-refractivity contribution in [1.29, 1.82) is 0 Å². The number of aromatic nitrogens is 4. The van der Waals surface area contributed by atoms with E-state index in [1.54, 1.807) is 23.3 Å². The van der Waals surface area contributed by atoms with Gasteiger partial charge in [-0.3, -0.25) is 14.5 Å². The van der Waals surface area contributed by atoms with Crippen LogP contribution in [0.25, 0.3) is 27.8 Å². The van der Waals surface area contributed by atoms with E-state index in [2.05, 4.69) is 15.2 Å². The summed E-state index contributed by atoms with van der Waals surface area (Å²) >= 11 is 0. The summed E-state index contributed by atoms with van der Waals surface area (Å²) < 4.78 is 49.9. The van der Waals surface area contributed by atoms with E-state index >= 15 is 0 Å². The number of carbonyl (C=O) groups is 1. The summed E-state index contributed by atoms with van der Waals surface area (Å²) in [5.41, 5.74) is 3.77. The largest absolute Gasteiger partial charge is 0.496 e. The molecule has 2 aromatic carbocycles. The Morgan fingerprint density at radius 2 is 1.84 bits per heavy atom. The SMILES string of the molecule is COc1cc(-n2cnc3cc(-c4cn[nH]c4)ccc32)cc(OC)c1C(=O)NCC(F)(F)F. The number of hydrogen-bond acceptors (Lipinski definition) is 5. The lowest BCUT2D eigenvalue weighted by Gasteiger charge is -2.16. The van der Waals surface area contributed by atoms with Gasteiger partial charge in [-0.2, -0.15) is 18.3 Å². The molecule has 2 heterocycles. The van der Waals surface area contributed by atoms with Crippen LogP contribution in [-0.2, 0) is 0 Å². The van der Waals surface area contributed by atoms with Gasteiger partial charge < -0.3 is 14.8 Å². The highest BCUT2D eigenvalue weighted by molar-refractivity contribution is 6.00. The Balaban J connectivity index is 1.74. The van der Waals surface area contributed by atoms with Crippen LogP contribution in [0.3, 0.4) is 0 Å². The molecule has 0 aliphatic carbocycles. The summed E-state index contributed by atoms with van der Waals surface area (Å²) in [6.45, 7) is -1.47. The summed E-state index contributed by atoms with van der Waals surface area (Å²) in [5, 5.41) is 8.55. The summed E-state index contributed by atoms with van der Waals surface area (Å²) in [5.74, 6) is -0.824. The van der Waals surface area contributed by atoms with Gasteiger partial charge in [-0.15, -0.1) is 0 Å². The summed E-state index contributed by atoms with van der Waals surface area (Å²) in [6, 6.07) is 8.78. The van der Waals surface area contributed by atoms with Crippen LogP contribution in [0.4, 0.5) is 13.2 Å². The van der Waals surface area contributed by atoms with Crippen LogP contribution in [0.2, 0.25) is 0 Å². The minimum absolute atomic E-state index is 0.0656. The number of nitrogens with one attached hydrogen (secondary N) is 2. The molecule has 0 unspecified atom stereocenters. The number of fused-ring (bicyclic) bond motifs is 1. The maximum Gasteiger partial charge on any atom is 0.405 e. The quantitative estimate of drug-likeness (QED) is 0.472. The Morgan fingerprint density at radius 1 is 1.12 bits per heavy atom. The zero-order chi connectivity index (χ0) is 22.9. The zero-order valence-electron chi connectivity index (χ0n) is 17.0. The van der Waals surface area contributed by atoms with Crippen molar-refractivity contribution in [3.8, 4) is 28.3 Å². The van der Waals surface area contributed by atoms with Crippen LogP contribution < -0.4 is 14.8 Å². The van der Waals surface area contributed by atoms with Crippen molar-refractivity contribution >= 4 is 16.9 Å². The summed E-state index contributed by atoms with van der Waals surface area (Å²) in [7, 11) is 2.64. The molecule has 4 rings (SSSR count). The van der Waals surface area contributed by atoms with Gasteiger partial charge in [0.1, 0.15) is 29.9 Å². The van der Waals surface area contributed by atoms with Crippen LogP contribution in [-0.4, -0.2) is 52.6 Å². The molecule has 0 saturated heterocycles. The molecular weight excluding hydrogens is 427 g/mol. The van der Waals surface area contributed by atoms with Crippen LogP contribution in [0.15, 0.2) is 49.1 Å². The van der Waals surface area contributed by atoms with Crippen LogP contribution in [0.5, 0.6) is 11.5 Å². The number of hydrogen-bond donors (Lipinski definition) is 2. The Bertz CT molecular complexity index is 1240. The van der Waals surface area contributed by atoms with Crippen molar-refractivity contribution in [3.05, 3.63) is 54.6 Å². The van der Waals surface area contributed by atoms with Gasteiger partial charge in [-0.25, -0.2) is 4.98 Å². The van der Waals surface area contributed by atoms with E-state index in [0.29, 0.717) is 11.2 Å². The van der Waals surface area contributed by atoms with Gasteiger partial charge in [-0.05, 0) is 17.7 Å². The van der Waals surface area contributed by atoms with Gasteiger partial charge in [0.2, 0.25) is 0 Å². The molecule has 1 amide bonds. The number of nitrogens with zero attached hydrogens (tertiary/aromatic N) is 3. The third kappa shape index (κ3) is 4.09. The van der Waals surface area contributed by atoms with Crippen molar-refractivity contribution in [1.82, 2.24) is 25.1 Å². The Labute approximate surface area is 180 Å². The number of halogens is 3. The molecule has 0 saturated carbocycles. The lowest BCUT2D eigenvalue weighted by molar-refractivity contribution is -0.123. The van der Waals surface area contributed by atoms with Crippen LogP contribution in [0, 0.1) is 0 Å². The first-order valence-electron chi connectivity index (χ1n) is 9.38. The highest BCUT2D eigenvalue weighted by Gasteiger charge is 2.30. The van der Waals surface area contributed by atoms with Crippen molar-refractivity contribution in [2.24, 2.45) is 0 Å². The van der Waals surface area contributed by atoms with Gasteiger partial charge in [0.15, 0.2) is 0 Å². The molecule has 11 heteroatoms. The number of imidazole rings is 1. The minimum Gasteiger partial charge on any atom is -0.496 e. The first-order valence-corrected chi connectivity index (χ1v) is 9.38. The molecular formula is C21H18F3N5O3. The number of methoxy groups -OCH3 is 2. The predicted octanol–water partition coefficient (Wildman–Crippen LogP) is 3.72. The van der Waals surface area contributed by atoms with E-state index in [1.165, 1.54) is 26.4 Å². The van der Waals surface area contributed by atoms with Crippen molar-refractivity contribution in [2.45, 2.75) is 6.18 Å². The number of H-pyrrole nitrogens is 1. The number of rotatable bonds is 6. The average Bonchev–Trinajstić information content (AvgIpc) is 3.45. The normalized spacial score (nSPS) is 11.5. The standard InChI is InChI=1S/C21H18F3N5O3/c1-31-17-6-14(7-18(32-2)19(17)20(30)25-10-21(22,23)24)29-11-26-15-5-12(3-4-16(15)29)13-8-27-28-9-13/h3-9,11H,10H2,1-2H3,(H,25,30)(H,27,28). The molecule has 0 spiro atoms.